The van der Waals surface area contributed by atoms with Gasteiger partial charge in [-0.05, 0) is 31.0 Å². The number of hydrogen-bond acceptors (Lipinski definition) is 5. The quantitative estimate of drug-likeness (QED) is 0.803. The maximum absolute atomic E-state index is 12.6. The largest absolute Gasteiger partial charge is 0.501 e. The number of halogens is 4. The Morgan fingerprint density at radius 2 is 1.96 bits per heavy atom. The van der Waals surface area contributed by atoms with Gasteiger partial charge in [-0.15, -0.1) is 12.4 Å². The van der Waals surface area contributed by atoms with Gasteiger partial charge in [-0.25, -0.2) is 8.42 Å². The summed E-state index contributed by atoms with van der Waals surface area (Å²) in [6, 6.07) is 3.50. The molecule has 1 fully saturated rings. The third kappa shape index (κ3) is 4.43. The number of amides is 1. The molecule has 0 spiro atoms. The molecule has 0 saturated heterocycles. The van der Waals surface area contributed by atoms with Crippen LogP contribution in [0.1, 0.15) is 12.8 Å². The third-order valence-corrected chi connectivity index (χ3v) is 5.50. The van der Waals surface area contributed by atoms with Crippen LogP contribution in [-0.4, -0.2) is 39.1 Å². The Hall–Kier alpha value is -1.36. The van der Waals surface area contributed by atoms with E-state index < -0.39 is 38.1 Å². The van der Waals surface area contributed by atoms with Crippen molar-refractivity contribution >= 4 is 33.8 Å². The van der Waals surface area contributed by atoms with E-state index in [0.29, 0.717) is 12.8 Å². The fourth-order valence-corrected chi connectivity index (χ4v) is 3.49. The fourth-order valence-electron chi connectivity index (χ4n) is 2.68. The van der Waals surface area contributed by atoms with E-state index in [0.717, 1.165) is 18.2 Å². The van der Waals surface area contributed by atoms with Crippen LogP contribution in [0.5, 0.6) is 0 Å². The maximum Gasteiger partial charge on any atom is 0.501 e. The van der Waals surface area contributed by atoms with Gasteiger partial charge in [0.25, 0.3) is 9.84 Å². The lowest BCUT2D eigenvalue weighted by molar-refractivity contribution is -0.120. The Morgan fingerprint density at radius 3 is 2.48 bits per heavy atom. The van der Waals surface area contributed by atoms with Crippen molar-refractivity contribution in [2.45, 2.75) is 35.4 Å². The standard InChI is InChI=1S/C14H17F3N2O4S.ClH/c1-23-11-6-5-10(12(11)18)13(20)19-8-3-2-4-9(7-8)24(21,22)14(15,16)17;/h2-4,7,10-12H,5-6,18H2,1H3,(H,19,20);1H/t10-,11?,12?;/m1./s1. The molecule has 0 radical (unpaired) electrons. The molecule has 2 rings (SSSR count). The number of benzene rings is 1. The SMILES string of the molecule is COC1CC[C@@H](C(=O)Nc2cccc(S(=O)(=O)C(F)(F)F)c2)C1N.Cl. The van der Waals surface area contributed by atoms with Gasteiger partial charge in [-0.2, -0.15) is 13.2 Å². The molecule has 25 heavy (non-hydrogen) atoms. The van der Waals surface area contributed by atoms with Crippen LogP contribution in [0.2, 0.25) is 0 Å². The molecule has 1 amide bonds. The smallest absolute Gasteiger partial charge is 0.380 e. The monoisotopic (exact) mass is 402 g/mol. The molecule has 1 aromatic rings. The first-order chi connectivity index (χ1) is 11.1. The Labute approximate surface area is 149 Å². The summed E-state index contributed by atoms with van der Waals surface area (Å²) in [6.45, 7) is 0. The minimum absolute atomic E-state index is 0. The summed E-state index contributed by atoms with van der Waals surface area (Å²) in [7, 11) is -3.99. The lowest BCUT2D eigenvalue weighted by Crippen LogP contribution is -2.41. The number of anilines is 1. The highest BCUT2D eigenvalue weighted by Gasteiger charge is 2.47. The highest BCUT2D eigenvalue weighted by Crippen LogP contribution is 2.32. The number of alkyl halides is 3. The summed E-state index contributed by atoms with van der Waals surface area (Å²) >= 11 is 0. The third-order valence-electron chi connectivity index (χ3n) is 4.01. The molecule has 3 atom stereocenters. The minimum atomic E-state index is -5.47. The van der Waals surface area contributed by atoms with E-state index >= 15 is 0 Å². The van der Waals surface area contributed by atoms with Crippen molar-refractivity contribution in [2.75, 3.05) is 12.4 Å². The number of nitrogens with one attached hydrogen (secondary N) is 1. The van der Waals surface area contributed by atoms with Crippen LogP contribution in [0, 0.1) is 5.92 Å². The molecule has 6 nitrogen and oxygen atoms in total. The second-order valence-electron chi connectivity index (χ2n) is 5.50. The van der Waals surface area contributed by atoms with Crippen LogP contribution in [-0.2, 0) is 19.4 Å². The lowest BCUT2D eigenvalue weighted by atomic mass is 10.0. The molecule has 142 valence electrons. The Balaban J connectivity index is 0.00000312. The molecular formula is C14H18ClF3N2O4S. The van der Waals surface area contributed by atoms with E-state index in [4.69, 9.17) is 10.5 Å². The van der Waals surface area contributed by atoms with Crippen molar-refractivity contribution < 1.29 is 31.1 Å². The van der Waals surface area contributed by atoms with E-state index in [1.54, 1.807) is 0 Å². The van der Waals surface area contributed by atoms with Gasteiger partial charge >= 0.3 is 5.51 Å². The van der Waals surface area contributed by atoms with Gasteiger partial charge in [0.1, 0.15) is 0 Å². The van der Waals surface area contributed by atoms with Crippen molar-refractivity contribution in [3.63, 3.8) is 0 Å². The van der Waals surface area contributed by atoms with Crippen LogP contribution in [0.25, 0.3) is 0 Å². The van der Waals surface area contributed by atoms with Crippen LogP contribution in [0.3, 0.4) is 0 Å². The van der Waals surface area contributed by atoms with Gasteiger partial charge in [-0.3, -0.25) is 4.79 Å². The summed E-state index contributed by atoms with van der Waals surface area (Å²) in [5.41, 5.74) is 0.463. The Kier molecular flexibility index (Phi) is 6.85. The zero-order valence-electron chi connectivity index (χ0n) is 13.1. The molecule has 1 aromatic carbocycles. The number of methoxy groups -OCH3 is 1. The van der Waals surface area contributed by atoms with E-state index in [1.807, 2.05) is 0 Å². The van der Waals surface area contributed by atoms with Crippen molar-refractivity contribution in [3.05, 3.63) is 24.3 Å². The normalized spacial score (nSPS) is 23.8. The maximum atomic E-state index is 12.6. The van der Waals surface area contributed by atoms with Crippen molar-refractivity contribution in [2.24, 2.45) is 11.7 Å². The summed E-state index contributed by atoms with van der Waals surface area (Å²) in [5, 5.41) is 2.42. The first-order valence-corrected chi connectivity index (χ1v) is 8.57. The summed E-state index contributed by atoms with van der Waals surface area (Å²) < 4.78 is 65.7. The number of rotatable bonds is 4. The Morgan fingerprint density at radius 1 is 1.32 bits per heavy atom. The highest BCUT2D eigenvalue weighted by molar-refractivity contribution is 7.92. The van der Waals surface area contributed by atoms with Crippen LogP contribution >= 0.6 is 12.4 Å². The zero-order valence-corrected chi connectivity index (χ0v) is 14.7. The molecule has 0 aromatic heterocycles. The second-order valence-corrected chi connectivity index (χ2v) is 7.44. The number of sulfone groups is 1. The zero-order chi connectivity index (χ0) is 18.1. The number of carbonyl (C=O) groups excluding carboxylic acids is 1. The molecule has 1 aliphatic rings. The molecule has 1 aliphatic carbocycles. The van der Waals surface area contributed by atoms with E-state index in [-0.39, 0.29) is 24.2 Å². The van der Waals surface area contributed by atoms with Crippen molar-refractivity contribution in [1.82, 2.24) is 0 Å². The molecule has 11 heteroatoms. The first-order valence-electron chi connectivity index (χ1n) is 7.08. The van der Waals surface area contributed by atoms with Crippen LogP contribution in [0.4, 0.5) is 18.9 Å². The second kappa shape index (κ2) is 7.90. The lowest BCUT2D eigenvalue weighted by Gasteiger charge is -2.19. The molecule has 2 unspecified atom stereocenters. The topological polar surface area (TPSA) is 98.5 Å². The Bertz CT molecular complexity index is 727. The molecular weight excluding hydrogens is 385 g/mol. The van der Waals surface area contributed by atoms with Gasteiger partial charge in [0.15, 0.2) is 0 Å². The van der Waals surface area contributed by atoms with Gasteiger partial charge in [0.2, 0.25) is 5.91 Å². The summed E-state index contributed by atoms with van der Waals surface area (Å²) in [5.74, 6) is -1.04. The minimum Gasteiger partial charge on any atom is -0.380 e. The van der Waals surface area contributed by atoms with Gasteiger partial charge in [0.05, 0.1) is 16.9 Å². The van der Waals surface area contributed by atoms with Gasteiger partial charge < -0.3 is 15.8 Å². The van der Waals surface area contributed by atoms with Crippen molar-refractivity contribution in [3.8, 4) is 0 Å². The first kappa shape index (κ1) is 21.7. The van der Waals surface area contributed by atoms with Crippen LogP contribution < -0.4 is 11.1 Å². The summed E-state index contributed by atoms with van der Waals surface area (Å²) in [4.78, 5) is 11.3. The molecule has 0 bridgehead atoms. The van der Waals surface area contributed by atoms with E-state index in [9.17, 15) is 26.4 Å². The molecule has 1 saturated carbocycles. The number of nitrogens with two attached hydrogens (primary N) is 1. The average Bonchev–Trinajstić information content (AvgIpc) is 2.87. The average molecular weight is 403 g/mol. The molecule has 0 aliphatic heterocycles. The van der Waals surface area contributed by atoms with E-state index in [2.05, 4.69) is 5.32 Å². The predicted octanol–water partition coefficient (Wildman–Crippen LogP) is 2.09. The van der Waals surface area contributed by atoms with Crippen LogP contribution in [0.15, 0.2) is 29.2 Å². The number of hydrogen-bond donors (Lipinski definition) is 2. The fraction of sp³-hybridized carbons (Fsp3) is 0.500. The predicted molar refractivity (Wildman–Crippen MR) is 87.1 cm³/mol. The van der Waals surface area contributed by atoms with E-state index in [1.165, 1.54) is 13.2 Å². The van der Waals surface area contributed by atoms with Gasteiger partial charge in [-0.1, -0.05) is 6.07 Å². The molecule has 0 heterocycles. The van der Waals surface area contributed by atoms with Gasteiger partial charge in [0, 0.05) is 18.8 Å². The summed E-state index contributed by atoms with van der Waals surface area (Å²) in [6.07, 6.45) is 0.808. The molecule has 3 N–H and O–H groups in total. The highest BCUT2D eigenvalue weighted by atomic mass is 35.5. The number of ether oxygens (including phenoxy) is 1. The number of carbonyl (C=O) groups is 1. The van der Waals surface area contributed by atoms with Crippen molar-refractivity contribution in [1.29, 1.82) is 0 Å².